The van der Waals surface area contributed by atoms with Gasteiger partial charge in [0, 0.05) is 50.4 Å². The first-order valence-electron chi connectivity index (χ1n) is 9.42. The molecule has 2 fully saturated rings. The molecule has 1 N–H and O–H groups in total. The van der Waals surface area contributed by atoms with Crippen molar-refractivity contribution in [1.82, 2.24) is 15.2 Å². The summed E-state index contributed by atoms with van der Waals surface area (Å²) in [5.41, 5.74) is 2.37. The lowest BCUT2D eigenvalue weighted by atomic mass is 10.1. The van der Waals surface area contributed by atoms with Crippen LogP contribution in [0.25, 0.3) is 0 Å². The van der Waals surface area contributed by atoms with Crippen LogP contribution in [0.1, 0.15) is 23.5 Å². The zero-order chi connectivity index (χ0) is 17.9. The summed E-state index contributed by atoms with van der Waals surface area (Å²) in [5.74, 6) is 1.66. The maximum atomic E-state index is 12.5. The van der Waals surface area contributed by atoms with Crippen molar-refractivity contribution >= 4 is 11.7 Å². The lowest BCUT2D eigenvalue weighted by Crippen LogP contribution is -2.45. The van der Waals surface area contributed by atoms with Crippen LogP contribution in [0.3, 0.4) is 0 Å². The number of carbonyl (C=O) groups is 1. The third-order valence-electron chi connectivity index (χ3n) is 5.48. The molecule has 2 aliphatic rings. The highest BCUT2D eigenvalue weighted by Crippen LogP contribution is 2.47. The van der Waals surface area contributed by atoms with Crippen LogP contribution in [0.5, 0.6) is 0 Å². The van der Waals surface area contributed by atoms with Gasteiger partial charge in [0.2, 0.25) is 5.91 Å². The molecule has 0 unspecified atom stereocenters. The van der Waals surface area contributed by atoms with Crippen molar-refractivity contribution in [2.45, 2.75) is 18.9 Å². The summed E-state index contributed by atoms with van der Waals surface area (Å²) < 4.78 is 0. The zero-order valence-corrected chi connectivity index (χ0v) is 15.3. The minimum absolute atomic E-state index is 0.112. The number of pyridine rings is 1. The molecule has 26 heavy (non-hydrogen) atoms. The van der Waals surface area contributed by atoms with Crippen molar-refractivity contribution in [1.29, 1.82) is 0 Å². The summed E-state index contributed by atoms with van der Waals surface area (Å²) in [7, 11) is 2.15. The van der Waals surface area contributed by atoms with Crippen LogP contribution in [-0.4, -0.2) is 49.0 Å². The Morgan fingerprint density at radius 2 is 1.88 bits per heavy atom. The van der Waals surface area contributed by atoms with Gasteiger partial charge in [-0.15, -0.1) is 0 Å². The fourth-order valence-electron chi connectivity index (χ4n) is 3.74. The van der Waals surface area contributed by atoms with Gasteiger partial charge in [0.05, 0.1) is 0 Å². The summed E-state index contributed by atoms with van der Waals surface area (Å²) in [4.78, 5) is 21.8. The second-order valence-corrected chi connectivity index (χ2v) is 7.35. The molecule has 0 radical (unpaired) electrons. The molecular weight excluding hydrogens is 324 g/mol. The quantitative estimate of drug-likeness (QED) is 0.899. The summed E-state index contributed by atoms with van der Waals surface area (Å²) in [6.45, 7) is 4.60. The van der Waals surface area contributed by atoms with Gasteiger partial charge in [0.15, 0.2) is 0 Å². The Hall–Kier alpha value is -2.40. The Bertz CT molecular complexity index is 756. The van der Waals surface area contributed by atoms with Crippen LogP contribution in [0.15, 0.2) is 48.7 Å². The van der Waals surface area contributed by atoms with E-state index in [0.29, 0.717) is 12.5 Å². The second-order valence-electron chi connectivity index (χ2n) is 7.35. The first kappa shape index (κ1) is 17.0. The molecule has 1 amide bonds. The van der Waals surface area contributed by atoms with Crippen molar-refractivity contribution in [3.63, 3.8) is 0 Å². The Kier molecular flexibility index (Phi) is 4.89. The van der Waals surface area contributed by atoms with Crippen molar-refractivity contribution in [2.24, 2.45) is 5.92 Å². The molecule has 1 saturated heterocycles. The summed E-state index contributed by atoms with van der Waals surface area (Å²) in [6.07, 6.45) is 2.79. The molecule has 1 saturated carbocycles. The number of likely N-dealkylation sites (N-methyl/N-ethyl adjacent to an activating group) is 1. The smallest absolute Gasteiger partial charge is 0.224 e. The average Bonchev–Trinajstić information content (AvgIpc) is 3.49. The highest BCUT2D eigenvalue weighted by molar-refractivity contribution is 5.83. The molecule has 1 aromatic heterocycles. The Balaban J connectivity index is 1.36. The maximum absolute atomic E-state index is 12.5. The number of amides is 1. The second kappa shape index (κ2) is 7.46. The van der Waals surface area contributed by atoms with E-state index in [1.807, 2.05) is 30.5 Å². The van der Waals surface area contributed by atoms with Crippen molar-refractivity contribution < 1.29 is 4.79 Å². The molecule has 5 nitrogen and oxygen atoms in total. The number of hydrogen-bond acceptors (Lipinski definition) is 4. The first-order chi connectivity index (χ1) is 12.7. The van der Waals surface area contributed by atoms with E-state index in [0.717, 1.165) is 44.0 Å². The Morgan fingerprint density at radius 1 is 1.12 bits per heavy atom. The van der Waals surface area contributed by atoms with Crippen LogP contribution < -0.4 is 10.2 Å². The van der Waals surface area contributed by atoms with E-state index < -0.39 is 0 Å². The van der Waals surface area contributed by atoms with Gasteiger partial charge in [0.25, 0.3) is 0 Å². The Morgan fingerprint density at radius 3 is 2.65 bits per heavy atom. The number of benzene rings is 1. The molecule has 2 heterocycles. The van der Waals surface area contributed by atoms with Crippen molar-refractivity contribution in [3.8, 4) is 0 Å². The zero-order valence-electron chi connectivity index (χ0n) is 15.3. The fourth-order valence-corrected chi connectivity index (χ4v) is 3.74. The normalized spacial score (nSPS) is 22.9. The van der Waals surface area contributed by atoms with Gasteiger partial charge in [0.1, 0.15) is 5.82 Å². The van der Waals surface area contributed by atoms with Crippen LogP contribution >= 0.6 is 0 Å². The first-order valence-corrected chi connectivity index (χ1v) is 9.42. The predicted octanol–water partition coefficient (Wildman–Crippen LogP) is 2.25. The topological polar surface area (TPSA) is 48.5 Å². The summed E-state index contributed by atoms with van der Waals surface area (Å²) >= 11 is 0. The van der Waals surface area contributed by atoms with Gasteiger partial charge in [-0.05, 0) is 31.0 Å². The van der Waals surface area contributed by atoms with Gasteiger partial charge in [-0.3, -0.25) is 4.79 Å². The van der Waals surface area contributed by atoms with Crippen LogP contribution in [0.4, 0.5) is 5.82 Å². The molecule has 1 aliphatic heterocycles. The molecule has 1 aliphatic carbocycles. The van der Waals surface area contributed by atoms with E-state index in [4.69, 9.17) is 0 Å². The summed E-state index contributed by atoms with van der Waals surface area (Å²) in [6, 6.07) is 14.4. The molecular formula is C21H26N4O. The number of rotatable bonds is 5. The van der Waals surface area contributed by atoms with E-state index in [1.54, 1.807) is 0 Å². The molecule has 5 heteroatoms. The fraction of sp³-hybridized carbons (Fsp3) is 0.429. The third kappa shape index (κ3) is 3.73. The highest BCUT2D eigenvalue weighted by Gasteiger charge is 2.43. The number of anilines is 1. The van der Waals surface area contributed by atoms with Crippen molar-refractivity contribution in [3.05, 3.63) is 59.8 Å². The minimum atomic E-state index is 0.112. The number of carbonyl (C=O) groups excluding carboxylic acids is 1. The van der Waals surface area contributed by atoms with Crippen LogP contribution in [0.2, 0.25) is 0 Å². The van der Waals surface area contributed by atoms with E-state index in [2.05, 4.69) is 45.3 Å². The van der Waals surface area contributed by atoms with E-state index >= 15 is 0 Å². The van der Waals surface area contributed by atoms with Gasteiger partial charge < -0.3 is 15.1 Å². The van der Waals surface area contributed by atoms with Crippen molar-refractivity contribution in [2.75, 3.05) is 38.1 Å². The van der Waals surface area contributed by atoms with Gasteiger partial charge in [-0.2, -0.15) is 0 Å². The maximum Gasteiger partial charge on any atom is 0.224 e. The average molecular weight is 350 g/mol. The standard InChI is InChI=1S/C21H26N4O/c1-24-10-12-25(13-11-24)20-17(8-5-9-22-20)15-23-21(26)19-14-18(19)16-6-3-2-4-7-16/h2-9,18-19H,10-15H2,1H3,(H,23,26)/t18-,19+/m0/s1. The predicted molar refractivity (Wildman–Crippen MR) is 103 cm³/mol. The molecule has 1 aromatic carbocycles. The number of piperazine rings is 1. The monoisotopic (exact) mass is 350 g/mol. The molecule has 2 atom stereocenters. The molecule has 0 spiro atoms. The van der Waals surface area contributed by atoms with Gasteiger partial charge in [-0.1, -0.05) is 36.4 Å². The largest absolute Gasteiger partial charge is 0.354 e. The number of nitrogens with one attached hydrogen (secondary N) is 1. The Labute approximate surface area is 155 Å². The lowest BCUT2D eigenvalue weighted by molar-refractivity contribution is -0.122. The summed E-state index contributed by atoms with van der Waals surface area (Å²) in [5, 5.41) is 3.13. The molecule has 136 valence electrons. The number of hydrogen-bond donors (Lipinski definition) is 1. The van der Waals surface area contributed by atoms with E-state index in [-0.39, 0.29) is 11.8 Å². The van der Waals surface area contributed by atoms with Crippen LogP contribution in [0, 0.1) is 5.92 Å². The highest BCUT2D eigenvalue weighted by atomic mass is 16.2. The van der Waals surface area contributed by atoms with Crippen LogP contribution in [-0.2, 0) is 11.3 Å². The molecule has 2 aromatic rings. The molecule has 4 rings (SSSR count). The molecule has 0 bridgehead atoms. The van der Waals surface area contributed by atoms with E-state index in [1.165, 1.54) is 5.56 Å². The third-order valence-corrected chi connectivity index (χ3v) is 5.48. The van der Waals surface area contributed by atoms with E-state index in [9.17, 15) is 4.79 Å². The SMILES string of the molecule is CN1CCN(c2ncccc2CNC(=O)[C@@H]2C[C@H]2c2ccccc2)CC1. The van der Waals surface area contributed by atoms with Gasteiger partial charge >= 0.3 is 0 Å². The van der Waals surface area contributed by atoms with Gasteiger partial charge in [-0.25, -0.2) is 4.98 Å². The lowest BCUT2D eigenvalue weighted by Gasteiger charge is -2.34. The number of nitrogens with zero attached hydrogens (tertiary/aromatic N) is 3. The number of aromatic nitrogens is 1. The minimum Gasteiger partial charge on any atom is -0.354 e.